The van der Waals surface area contributed by atoms with Crippen molar-refractivity contribution >= 4 is 16.9 Å². The highest BCUT2D eigenvalue weighted by Crippen LogP contribution is 2.20. The minimum atomic E-state index is 0.410. The molecule has 1 fully saturated rings. The maximum atomic E-state index is 4.76. The average molecular weight is 284 g/mol. The highest BCUT2D eigenvalue weighted by atomic mass is 15.3. The highest BCUT2D eigenvalue weighted by molar-refractivity contribution is 5.78. The van der Waals surface area contributed by atoms with Crippen LogP contribution in [0, 0.1) is 5.92 Å². The molecule has 1 saturated heterocycles. The summed E-state index contributed by atoms with van der Waals surface area (Å²) in [5, 5.41) is 4.59. The van der Waals surface area contributed by atoms with Gasteiger partial charge in [-0.25, -0.2) is 9.97 Å². The molecular weight excluding hydrogens is 260 g/mol. The fourth-order valence-corrected chi connectivity index (χ4v) is 2.98. The monoisotopic (exact) mass is 284 g/mol. The van der Waals surface area contributed by atoms with Gasteiger partial charge >= 0.3 is 0 Å². The summed E-state index contributed by atoms with van der Waals surface area (Å²) in [5.74, 6) is 1.55. The van der Waals surface area contributed by atoms with Crippen LogP contribution in [0.4, 0.5) is 5.95 Å². The topological polar surface area (TPSA) is 41.0 Å². The van der Waals surface area contributed by atoms with Gasteiger partial charge in [0, 0.05) is 24.2 Å². The number of para-hydroxylation sites is 1. The van der Waals surface area contributed by atoms with Crippen molar-refractivity contribution in [3.63, 3.8) is 0 Å². The number of rotatable bonds is 4. The molecule has 1 aromatic heterocycles. The third-order valence-corrected chi connectivity index (χ3v) is 4.21. The Labute approximate surface area is 126 Å². The van der Waals surface area contributed by atoms with Crippen LogP contribution in [0.3, 0.4) is 0 Å². The third-order valence-electron chi connectivity index (χ3n) is 4.21. The highest BCUT2D eigenvalue weighted by Gasteiger charge is 2.21. The summed E-state index contributed by atoms with van der Waals surface area (Å²) in [7, 11) is 0. The lowest BCUT2D eigenvalue weighted by molar-refractivity contribution is 0.369. The molecule has 0 saturated carbocycles. The van der Waals surface area contributed by atoms with Gasteiger partial charge in [-0.3, -0.25) is 0 Å². The Morgan fingerprint density at radius 3 is 2.95 bits per heavy atom. The van der Waals surface area contributed by atoms with Gasteiger partial charge in [0.1, 0.15) is 0 Å². The molecule has 0 radical (unpaired) electrons. The van der Waals surface area contributed by atoms with Crippen molar-refractivity contribution in [3.05, 3.63) is 30.5 Å². The molecule has 2 heterocycles. The minimum Gasteiger partial charge on any atom is -0.338 e. The number of nitrogens with zero attached hydrogens (tertiary/aromatic N) is 3. The Morgan fingerprint density at radius 1 is 1.33 bits per heavy atom. The van der Waals surface area contributed by atoms with Gasteiger partial charge in [-0.15, -0.1) is 0 Å². The molecule has 1 unspecified atom stereocenters. The summed E-state index contributed by atoms with van der Waals surface area (Å²) in [6, 6.07) is 8.59. The van der Waals surface area contributed by atoms with E-state index in [4.69, 9.17) is 4.98 Å². The van der Waals surface area contributed by atoms with Crippen molar-refractivity contribution in [1.82, 2.24) is 15.3 Å². The zero-order chi connectivity index (χ0) is 14.7. The fraction of sp³-hybridized carbons (Fsp3) is 0.529. The normalized spacial score (nSPS) is 19.1. The van der Waals surface area contributed by atoms with Crippen molar-refractivity contribution in [2.24, 2.45) is 5.92 Å². The zero-order valence-corrected chi connectivity index (χ0v) is 12.9. The number of nitrogens with one attached hydrogen (secondary N) is 1. The van der Waals surface area contributed by atoms with Gasteiger partial charge in [0.15, 0.2) is 0 Å². The molecule has 0 bridgehead atoms. The molecule has 0 spiro atoms. The first-order valence-corrected chi connectivity index (χ1v) is 7.93. The molecule has 112 valence electrons. The summed E-state index contributed by atoms with van der Waals surface area (Å²) >= 11 is 0. The van der Waals surface area contributed by atoms with Crippen LogP contribution in [0.5, 0.6) is 0 Å². The molecule has 1 aliphatic rings. The maximum Gasteiger partial charge on any atom is 0.226 e. The number of fused-ring (bicyclic) bond motifs is 1. The standard InChI is InChI=1S/C17H24N4/c1-13(2)21(12-14-6-5-9-18-10-14)17-19-11-15-7-3-4-8-16(15)20-17/h3-4,7-8,11,13-14,18H,5-6,9-10,12H2,1-2H3. The Bertz CT molecular complexity index is 590. The molecule has 4 heteroatoms. The second-order valence-corrected chi connectivity index (χ2v) is 6.19. The first kappa shape index (κ1) is 14.3. The quantitative estimate of drug-likeness (QED) is 0.937. The summed E-state index contributed by atoms with van der Waals surface area (Å²) in [6.45, 7) is 7.73. The van der Waals surface area contributed by atoms with Gasteiger partial charge in [0.2, 0.25) is 5.95 Å². The minimum absolute atomic E-state index is 0.410. The van der Waals surface area contributed by atoms with E-state index in [1.54, 1.807) is 0 Å². The van der Waals surface area contributed by atoms with Crippen molar-refractivity contribution in [2.45, 2.75) is 32.7 Å². The van der Waals surface area contributed by atoms with E-state index in [-0.39, 0.29) is 0 Å². The summed E-state index contributed by atoms with van der Waals surface area (Å²) < 4.78 is 0. The molecule has 1 N–H and O–H groups in total. The van der Waals surface area contributed by atoms with E-state index in [9.17, 15) is 0 Å². The fourth-order valence-electron chi connectivity index (χ4n) is 2.98. The molecule has 1 atom stereocenters. The summed E-state index contributed by atoms with van der Waals surface area (Å²) in [5.41, 5.74) is 1.02. The first-order valence-electron chi connectivity index (χ1n) is 7.93. The number of hydrogen-bond acceptors (Lipinski definition) is 4. The van der Waals surface area contributed by atoms with Crippen LogP contribution in [0.15, 0.2) is 30.5 Å². The van der Waals surface area contributed by atoms with E-state index in [1.165, 1.54) is 12.8 Å². The van der Waals surface area contributed by atoms with Crippen LogP contribution in [-0.2, 0) is 0 Å². The lowest BCUT2D eigenvalue weighted by Crippen LogP contribution is -2.42. The summed E-state index contributed by atoms with van der Waals surface area (Å²) in [4.78, 5) is 11.7. The van der Waals surface area contributed by atoms with Crippen LogP contribution in [-0.4, -0.2) is 35.6 Å². The van der Waals surface area contributed by atoms with Gasteiger partial charge in [0.25, 0.3) is 0 Å². The number of piperidine rings is 1. The molecule has 3 rings (SSSR count). The number of aromatic nitrogens is 2. The van der Waals surface area contributed by atoms with Crippen LogP contribution >= 0.6 is 0 Å². The van der Waals surface area contributed by atoms with Gasteiger partial charge in [-0.05, 0) is 51.8 Å². The molecule has 0 amide bonds. The molecule has 1 aromatic carbocycles. The Hall–Kier alpha value is -1.68. The molecule has 2 aromatic rings. The number of benzene rings is 1. The second-order valence-electron chi connectivity index (χ2n) is 6.19. The Morgan fingerprint density at radius 2 is 2.19 bits per heavy atom. The lowest BCUT2D eigenvalue weighted by Gasteiger charge is -2.33. The van der Waals surface area contributed by atoms with Crippen molar-refractivity contribution in [1.29, 1.82) is 0 Å². The van der Waals surface area contributed by atoms with Gasteiger partial charge in [-0.1, -0.05) is 18.2 Å². The van der Waals surface area contributed by atoms with Crippen molar-refractivity contribution in [2.75, 3.05) is 24.5 Å². The average Bonchev–Trinajstić information content (AvgIpc) is 2.53. The zero-order valence-electron chi connectivity index (χ0n) is 12.9. The van der Waals surface area contributed by atoms with Crippen LogP contribution in [0.25, 0.3) is 10.9 Å². The number of anilines is 1. The van der Waals surface area contributed by atoms with Gasteiger partial charge in [0.05, 0.1) is 5.52 Å². The van der Waals surface area contributed by atoms with Crippen LogP contribution < -0.4 is 10.2 Å². The third kappa shape index (κ3) is 3.32. The molecule has 4 nitrogen and oxygen atoms in total. The van der Waals surface area contributed by atoms with E-state index in [2.05, 4.69) is 41.2 Å². The first-order chi connectivity index (χ1) is 10.2. The predicted molar refractivity (Wildman–Crippen MR) is 87.6 cm³/mol. The van der Waals surface area contributed by atoms with Crippen LogP contribution in [0.2, 0.25) is 0 Å². The van der Waals surface area contributed by atoms with E-state index < -0.39 is 0 Å². The lowest BCUT2D eigenvalue weighted by atomic mass is 9.99. The number of hydrogen-bond donors (Lipinski definition) is 1. The molecule has 21 heavy (non-hydrogen) atoms. The van der Waals surface area contributed by atoms with E-state index >= 15 is 0 Å². The molecule has 1 aliphatic heterocycles. The van der Waals surface area contributed by atoms with Gasteiger partial charge in [-0.2, -0.15) is 0 Å². The SMILES string of the molecule is CC(C)N(CC1CCCNC1)c1ncc2ccccc2n1. The predicted octanol–water partition coefficient (Wildman–Crippen LogP) is 2.84. The van der Waals surface area contributed by atoms with Crippen molar-refractivity contribution < 1.29 is 0 Å². The van der Waals surface area contributed by atoms with E-state index in [0.29, 0.717) is 12.0 Å². The Balaban J connectivity index is 1.84. The largest absolute Gasteiger partial charge is 0.338 e. The van der Waals surface area contributed by atoms with Crippen LogP contribution in [0.1, 0.15) is 26.7 Å². The van der Waals surface area contributed by atoms with Gasteiger partial charge < -0.3 is 10.2 Å². The Kier molecular flexibility index (Phi) is 4.34. The molecule has 0 aliphatic carbocycles. The molecular formula is C17H24N4. The van der Waals surface area contributed by atoms with Crippen molar-refractivity contribution in [3.8, 4) is 0 Å². The van der Waals surface area contributed by atoms with E-state index in [0.717, 1.165) is 36.5 Å². The van der Waals surface area contributed by atoms with E-state index in [1.807, 2.05) is 18.3 Å². The summed E-state index contributed by atoms with van der Waals surface area (Å²) in [6.07, 6.45) is 4.51. The smallest absolute Gasteiger partial charge is 0.226 e. The maximum absolute atomic E-state index is 4.76. The second kappa shape index (κ2) is 6.39.